The molecule has 11 heteroatoms. The summed E-state index contributed by atoms with van der Waals surface area (Å²) in [7, 11) is 3.00. The van der Waals surface area contributed by atoms with Gasteiger partial charge in [-0.05, 0) is 41.0 Å². The van der Waals surface area contributed by atoms with Crippen molar-refractivity contribution in [2.45, 2.75) is 12.5 Å². The van der Waals surface area contributed by atoms with Crippen molar-refractivity contribution in [2.24, 2.45) is 5.10 Å². The van der Waals surface area contributed by atoms with Crippen molar-refractivity contribution in [1.82, 2.24) is 15.0 Å². The number of ketones is 1. The summed E-state index contributed by atoms with van der Waals surface area (Å²) in [5, 5.41) is 15.5. The average Bonchev–Trinajstić information content (AvgIpc) is 3.03. The van der Waals surface area contributed by atoms with Crippen LogP contribution in [-0.2, 0) is 6.42 Å². The Morgan fingerprint density at radius 1 is 1.07 bits per heavy atom. The molecule has 0 aliphatic carbocycles. The Balaban J connectivity index is 1.47. The van der Waals surface area contributed by atoms with Gasteiger partial charge in [0, 0.05) is 36.0 Å². The Morgan fingerprint density at radius 3 is 2.58 bits per heavy atom. The van der Waals surface area contributed by atoms with Gasteiger partial charge in [0.25, 0.3) is 0 Å². The highest BCUT2D eigenvalue weighted by molar-refractivity contribution is 6.07. The molecule has 220 valence electrons. The van der Waals surface area contributed by atoms with E-state index in [0.29, 0.717) is 34.8 Å². The molecule has 4 aromatic rings. The average molecular weight is 581 g/mol. The maximum Gasteiger partial charge on any atom is 0.221 e. The number of benzene rings is 3. The van der Waals surface area contributed by atoms with Crippen LogP contribution in [0.15, 0.2) is 84.2 Å². The maximum absolute atomic E-state index is 13.7. The lowest BCUT2D eigenvalue weighted by Gasteiger charge is -2.31. The third kappa shape index (κ3) is 6.41. The number of nitrogens with two attached hydrogens (primary N) is 2. The molecule has 0 radical (unpaired) electrons. The van der Waals surface area contributed by atoms with E-state index in [4.69, 9.17) is 30.8 Å². The molecule has 1 aromatic heterocycles. The zero-order valence-electron chi connectivity index (χ0n) is 23.8. The number of aliphatic hydroxyl groups excluding tert-OH is 1. The first-order valence-corrected chi connectivity index (χ1v) is 13.5. The number of hydrazone groups is 1. The number of nitrogen functional groups attached to an aromatic ring is 2. The maximum atomic E-state index is 13.7. The van der Waals surface area contributed by atoms with Crippen molar-refractivity contribution >= 4 is 23.8 Å². The number of aromatic nitrogens is 2. The van der Waals surface area contributed by atoms with Gasteiger partial charge in [-0.25, -0.2) is 4.98 Å². The minimum absolute atomic E-state index is 0.0670. The third-order valence-corrected chi connectivity index (χ3v) is 6.94. The zero-order chi connectivity index (χ0) is 30.3. The molecule has 0 bridgehead atoms. The molecular weight excluding hydrogens is 548 g/mol. The molecule has 11 nitrogen and oxygen atoms in total. The number of hydrogen-bond acceptors (Lipinski definition) is 11. The lowest BCUT2D eigenvalue weighted by Crippen LogP contribution is -2.25. The second kappa shape index (κ2) is 13.0. The minimum Gasteiger partial charge on any atom is -0.493 e. The first-order valence-electron chi connectivity index (χ1n) is 13.5. The van der Waals surface area contributed by atoms with Crippen LogP contribution >= 0.6 is 0 Å². The zero-order valence-corrected chi connectivity index (χ0v) is 23.8. The molecule has 0 spiro atoms. The number of ether oxygens (including phenoxy) is 3. The van der Waals surface area contributed by atoms with E-state index in [1.54, 1.807) is 35.8 Å². The first-order chi connectivity index (χ1) is 20.9. The van der Waals surface area contributed by atoms with Crippen LogP contribution in [0.2, 0.25) is 0 Å². The highest BCUT2D eigenvalue weighted by Gasteiger charge is 2.26. The molecule has 0 saturated carbocycles. The quantitative estimate of drug-likeness (QED) is 0.176. The monoisotopic (exact) mass is 580 g/mol. The summed E-state index contributed by atoms with van der Waals surface area (Å²) in [6.45, 7) is 0.145. The van der Waals surface area contributed by atoms with Crippen molar-refractivity contribution in [3.8, 4) is 17.2 Å². The smallest absolute Gasteiger partial charge is 0.221 e. The minimum atomic E-state index is -0.306. The summed E-state index contributed by atoms with van der Waals surface area (Å²) in [5.74, 6) is 1.40. The van der Waals surface area contributed by atoms with E-state index >= 15 is 0 Å². The fourth-order valence-corrected chi connectivity index (χ4v) is 4.91. The van der Waals surface area contributed by atoms with Crippen molar-refractivity contribution in [1.29, 1.82) is 0 Å². The van der Waals surface area contributed by atoms with Gasteiger partial charge in [-0.1, -0.05) is 36.4 Å². The van der Waals surface area contributed by atoms with Crippen molar-refractivity contribution in [3.63, 3.8) is 0 Å². The number of aliphatic hydroxyl groups is 1. The van der Waals surface area contributed by atoms with Crippen LogP contribution in [0.1, 0.15) is 44.2 Å². The second-order valence-corrected chi connectivity index (χ2v) is 9.67. The highest BCUT2D eigenvalue weighted by atomic mass is 16.5. The molecule has 43 heavy (non-hydrogen) atoms. The summed E-state index contributed by atoms with van der Waals surface area (Å²) >= 11 is 0. The summed E-state index contributed by atoms with van der Waals surface area (Å²) in [6.07, 6.45) is 6.79. The van der Waals surface area contributed by atoms with Gasteiger partial charge in [-0.3, -0.25) is 9.80 Å². The molecule has 1 atom stereocenters. The standard InChI is InChI=1S/C32H32N6O5/c1-41-28-17-20(15-23-18-35-32(34)37-31(23)33)16-26(30(28)42-2)27(40)11-12-38-29(25-6-4-3-5-22(25)19-36-38)21-7-9-24(10-8-21)43-14-13-39/h3-12,16-19,29,39H,13-15H2,1-2H3,(H4,33,34,35,37)/b12-11+. The highest BCUT2D eigenvalue weighted by Crippen LogP contribution is 2.36. The number of allylic oxidation sites excluding steroid dienone is 1. The van der Waals surface area contributed by atoms with Crippen LogP contribution in [-0.4, -0.2) is 59.5 Å². The van der Waals surface area contributed by atoms with Crippen LogP contribution < -0.4 is 25.7 Å². The topological polar surface area (TPSA) is 158 Å². The van der Waals surface area contributed by atoms with Crippen LogP contribution in [0, 0.1) is 0 Å². The molecule has 5 rings (SSSR count). The number of carbonyl (C=O) groups excluding carboxylic acids is 1. The lowest BCUT2D eigenvalue weighted by molar-refractivity contribution is 0.104. The van der Waals surface area contributed by atoms with Crippen LogP contribution in [0.25, 0.3) is 0 Å². The van der Waals surface area contributed by atoms with Gasteiger partial charge in [-0.15, -0.1) is 0 Å². The van der Waals surface area contributed by atoms with Gasteiger partial charge in [0.05, 0.1) is 32.6 Å². The van der Waals surface area contributed by atoms with Gasteiger partial charge < -0.3 is 30.8 Å². The molecule has 0 fully saturated rings. The fraction of sp³-hybridized carbons (Fsp3) is 0.188. The van der Waals surface area contributed by atoms with E-state index < -0.39 is 0 Å². The summed E-state index contributed by atoms with van der Waals surface area (Å²) in [4.78, 5) is 21.7. The molecule has 2 heterocycles. The summed E-state index contributed by atoms with van der Waals surface area (Å²) in [5.41, 5.74) is 16.4. The molecule has 0 amide bonds. The Labute approximate surface area is 249 Å². The molecular formula is C32H32N6O5. The molecule has 0 saturated heterocycles. The normalized spacial score (nSPS) is 14.0. The number of fused-ring (bicyclic) bond motifs is 1. The Hall–Kier alpha value is -5.42. The Bertz CT molecular complexity index is 1670. The summed E-state index contributed by atoms with van der Waals surface area (Å²) < 4.78 is 16.7. The molecule has 1 aliphatic rings. The number of nitrogens with zero attached hydrogens (tertiary/aromatic N) is 4. The number of carbonyl (C=O) groups is 1. The number of anilines is 2. The van der Waals surface area contributed by atoms with E-state index in [2.05, 4.69) is 15.1 Å². The van der Waals surface area contributed by atoms with Gasteiger partial charge in [-0.2, -0.15) is 10.1 Å². The largest absolute Gasteiger partial charge is 0.493 e. The summed E-state index contributed by atoms with van der Waals surface area (Å²) in [6, 6.07) is 18.8. The van der Waals surface area contributed by atoms with Gasteiger partial charge >= 0.3 is 0 Å². The van der Waals surface area contributed by atoms with Gasteiger partial charge in [0.2, 0.25) is 5.95 Å². The number of rotatable bonds is 11. The van der Waals surface area contributed by atoms with Crippen LogP contribution in [0.4, 0.5) is 11.8 Å². The van der Waals surface area contributed by atoms with Gasteiger partial charge in [0.1, 0.15) is 24.2 Å². The van der Waals surface area contributed by atoms with E-state index in [1.165, 1.54) is 20.3 Å². The van der Waals surface area contributed by atoms with E-state index in [0.717, 1.165) is 22.3 Å². The lowest BCUT2D eigenvalue weighted by atomic mass is 9.93. The second-order valence-electron chi connectivity index (χ2n) is 9.67. The predicted octanol–water partition coefficient (Wildman–Crippen LogP) is 3.76. The predicted molar refractivity (Wildman–Crippen MR) is 163 cm³/mol. The van der Waals surface area contributed by atoms with Crippen molar-refractivity contribution < 1.29 is 24.1 Å². The fourth-order valence-electron chi connectivity index (χ4n) is 4.91. The van der Waals surface area contributed by atoms with Crippen LogP contribution in [0.3, 0.4) is 0 Å². The van der Waals surface area contributed by atoms with E-state index in [9.17, 15) is 4.79 Å². The van der Waals surface area contributed by atoms with Crippen LogP contribution in [0.5, 0.6) is 17.2 Å². The molecule has 1 unspecified atom stereocenters. The molecule has 3 aromatic carbocycles. The van der Waals surface area contributed by atoms with Crippen molar-refractivity contribution in [2.75, 3.05) is 38.9 Å². The molecule has 5 N–H and O–H groups in total. The first kappa shape index (κ1) is 29.1. The Kier molecular flexibility index (Phi) is 8.82. The van der Waals surface area contributed by atoms with Crippen molar-refractivity contribution in [3.05, 3.63) is 113 Å². The van der Waals surface area contributed by atoms with Gasteiger partial charge in [0.15, 0.2) is 17.3 Å². The third-order valence-electron chi connectivity index (χ3n) is 6.94. The molecule has 1 aliphatic heterocycles. The van der Waals surface area contributed by atoms with E-state index in [-0.39, 0.29) is 36.8 Å². The number of hydrogen-bond donors (Lipinski definition) is 3. The Morgan fingerprint density at radius 2 is 1.86 bits per heavy atom. The number of methoxy groups -OCH3 is 2. The van der Waals surface area contributed by atoms with E-state index in [1.807, 2.05) is 48.5 Å². The SMILES string of the molecule is COc1cc(Cc2cnc(N)nc2N)cc(C(=O)/C=C/N2N=Cc3ccccc3C2c2ccc(OCCO)cc2)c1OC.